The topological polar surface area (TPSA) is 274 Å². The van der Waals surface area contributed by atoms with Crippen LogP contribution in [0.25, 0.3) is 33.8 Å². The minimum absolute atomic E-state index is 0.114. The molecule has 8 heterocycles. The second kappa shape index (κ2) is 19.1. The molecule has 0 aliphatic heterocycles. The van der Waals surface area contributed by atoms with Gasteiger partial charge in [-0.25, -0.2) is 37.9 Å². The number of hydrogen-bond acceptors (Lipinski definition) is 16. The number of carbonyl (C=O) groups excluding carboxylic acids is 2. The van der Waals surface area contributed by atoms with Crippen LogP contribution in [0.4, 0.5) is 27.2 Å². The van der Waals surface area contributed by atoms with Gasteiger partial charge in [0.05, 0.1) is 59.0 Å². The fraction of sp³-hybridized carbons (Fsp3) is 0.238. The number of aryl methyl sites for hydroxylation is 4. The molecule has 3 amide bonds. The zero-order valence-corrected chi connectivity index (χ0v) is 37.1. The smallest absolute Gasteiger partial charge is 0.407 e. The highest BCUT2D eigenvalue weighted by molar-refractivity contribution is 7.90. The number of nitrogens with zero attached hydrogens (tertiary/aromatic N) is 12. The summed E-state index contributed by atoms with van der Waals surface area (Å²) >= 11 is 0. The van der Waals surface area contributed by atoms with Gasteiger partial charge < -0.3 is 29.7 Å². The molecule has 340 valence electrons. The molecule has 0 saturated carbocycles. The number of anilines is 3. The Morgan fingerprint density at radius 2 is 1.30 bits per heavy atom. The lowest BCUT2D eigenvalue weighted by Gasteiger charge is -2.10. The highest BCUT2D eigenvalue weighted by atomic mass is 32.2. The lowest BCUT2D eigenvalue weighted by atomic mass is 10.2. The first kappa shape index (κ1) is 44.2. The van der Waals surface area contributed by atoms with Crippen molar-refractivity contribution >= 4 is 50.8 Å². The Morgan fingerprint density at radius 3 is 1.88 bits per heavy atom. The van der Waals surface area contributed by atoms with Crippen LogP contribution in [0.3, 0.4) is 0 Å². The first-order valence-electron chi connectivity index (χ1n) is 20.3. The molecule has 0 saturated heterocycles. The number of amides is 3. The van der Waals surface area contributed by atoms with Gasteiger partial charge in [0.1, 0.15) is 6.61 Å². The Balaban J connectivity index is 0.000000180. The summed E-state index contributed by atoms with van der Waals surface area (Å²) in [7, 11) is 0.0292. The molecule has 9 rings (SSSR count). The van der Waals surface area contributed by atoms with E-state index in [-0.39, 0.29) is 29.7 Å². The van der Waals surface area contributed by atoms with E-state index >= 15 is 0 Å². The molecule has 0 aliphatic carbocycles. The molecule has 0 spiro atoms. The van der Waals surface area contributed by atoms with E-state index in [0.717, 1.165) is 40.0 Å². The fourth-order valence-corrected chi connectivity index (χ4v) is 7.41. The van der Waals surface area contributed by atoms with Crippen molar-refractivity contribution in [3.05, 3.63) is 120 Å². The number of fused-ring (bicyclic) bond motifs is 2. The number of imidazole rings is 2. The van der Waals surface area contributed by atoms with Crippen LogP contribution in [0, 0.1) is 13.8 Å². The van der Waals surface area contributed by atoms with Crippen molar-refractivity contribution in [2.75, 3.05) is 30.0 Å². The van der Waals surface area contributed by atoms with Crippen LogP contribution in [0.15, 0.2) is 106 Å². The van der Waals surface area contributed by atoms with Gasteiger partial charge in [0.2, 0.25) is 11.8 Å². The number of hydrogen-bond donors (Lipinski definition) is 4. The van der Waals surface area contributed by atoms with Crippen molar-refractivity contribution in [3.8, 4) is 22.5 Å². The Morgan fingerprint density at radius 1 is 0.727 bits per heavy atom. The maximum Gasteiger partial charge on any atom is 0.407 e. The number of aromatic nitrogens is 12. The predicted molar refractivity (Wildman–Crippen MR) is 238 cm³/mol. The largest absolute Gasteiger partial charge is 0.445 e. The fourth-order valence-electron chi connectivity index (χ4n) is 6.64. The third-order valence-electron chi connectivity index (χ3n) is 9.67. The first-order valence-corrected chi connectivity index (χ1v) is 22.2. The van der Waals surface area contributed by atoms with E-state index < -0.39 is 22.0 Å². The third-order valence-corrected chi connectivity index (χ3v) is 10.6. The molecule has 0 atom stereocenters. The lowest BCUT2D eigenvalue weighted by molar-refractivity contribution is 0.140. The maximum atomic E-state index is 12.3. The van der Waals surface area contributed by atoms with Gasteiger partial charge in [-0.2, -0.15) is 10.2 Å². The van der Waals surface area contributed by atoms with Crippen molar-refractivity contribution in [2.45, 2.75) is 38.3 Å². The zero-order chi connectivity index (χ0) is 46.4. The Labute approximate surface area is 376 Å². The molecule has 66 heavy (non-hydrogen) atoms. The van der Waals surface area contributed by atoms with Crippen molar-refractivity contribution in [3.63, 3.8) is 0 Å². The van der Waals surface area contributed by atoms with Gasteiger partial charge in [-0.1, -0.05) is 40.6 Å². The average Bonchev–Trinajstić information content (AvgIpc) is 4.16. The molecular formula is C42H44N16O7S. The quantitative estimate of drug-likeness (QED) is 0.114. The summed E-state index contributed by atoms with van der Waals surface area (Å²) in [6, 6.07) is 12.4. The van der Waals surface area contributed by atoms with Gasteiger partial charge in [-0.15, -0.1) is 0 Å². The van der Waals surface area contributed by atoms with Crippen LogP contribution in [0.1, 0.15) is 28.3 Å². The van der Waals surface area contributed by atoms with Crippen LogP contribution in [0.2, 0.25) is 0 Å². The van der Waals surface area contributed by atoms with E-state index in [1.165, 1.54) is 0 Å². The van der Waals surface area contributed by atoms with Crippen LogP contribution in [-0.2, 0) is 48.1 Å². The summed E-state index contributed by atoms with van der Waals surface area (Å²) in [5, 5.41) is 27.1. The molecule has 1 aromatic carbocycles. The van der Waals surface area contributed by atoms with Crippen molar-refractivity contribution in [1.82, 2.24) is 69.2 Å². The van der Waals surface area contributed by atoms with E-state index in [1.54, 1.807) is 70.9 Å². The molecule has 0 fully saturated rings. The number of urea groups is 1. The molecule has 0 bridgehead atoms. The second-order valence-electron chi connectivity index (χ2n) is 15.0. The minimum Gasteiger partial charge on any atom is -0.445 e. The number of nitrogens with one attached hydrogen (secondary N) is 4. The number of sulfone groups is 1. The summed E-state index contributed by atoms with van der Waals surface area (Å²) in [6.45, 7) is 4.34. The second-order valence-corrected chi connectivity index (χ2v) is 17.0. The van der Waals surface area contributed by atoms with Crippen LogP contribution in [-0.4, -0.2) is 98.5 Å². The standard InChI is InChI=1S/C21H22N10O3.C21H22N6O4S/c1-12-6-17(33-28-12)26-19-20-23-9-16(14-8-24-30(3)10-14)31(20)11-15(25-19)4-5-22-21(32)27-18-7-13(2)29-34-18;1-26-12-16(10-24-26)18-11-23-19-20(32(2,29)30)25-17(13-27(18)19)8-9-22-21(28)31-14-15-6-4-3-5-7-15/h6-11H,4-5H2,1-3H3,(H,25,26)(H2,22,27,32);3-7,10-13H,8-9,14H2,1-2H3,(H,22,28). The van der Waals surface area contributed by atoms with Crippen LogP contribution in [0.5, 0.6) is 0 Å². The summed E-state index contributed by atoms with van der Waals surface area (Å²) in [4.78, 5) is 41.9. The van der Waals surface area contributed by atoms with Crippen molar-refractivity contribution < 1.29 is 31.8 Å². The Kier molecular flexibility index (Phi) is 12.8. The van der Waals surface area contributed by atoms with Gasteiger partial charge >= 0.3 is 12.1 Å². The van der Waals surface area contributed by atoms with Crippen LogP contribution >= 0.6 is 0 Å². The average molecular weight is 917 g/mol. The normalized spacial score (nSPS) is 11.3. The highest BCUT2D eigenvalue weighted by Crippen LogP contribution is 2.27. The zero-order valence-electron chi connectivity index (χ0n) is 36.3. The molecule has 0 unspecified atom stereocenters. The molecule has 0 aliphatic rings. The summed E-state index contributed by atoms with van der Waals surface area (Å²) < 4.78 is 47.1. The van der Waals surface area contributed by atoms with Crippen LogP contribution < -0.4 is 21.3 Å². The number of alkyl carbamates (subject to hydrolysis) is 1. The molecular weight excluding hydrogens is 873 g/mol. The number of carbonyl (C=O) groups is 2. The Bertz CT molecular complexity index is 3260. The number of benzene rings is 1. The minimum atomic E-state index is -3.62. The molecule has 9 aromatic rings. The first-order chi connectivity index (χ1) is 31.7. The highest BCUT2D eigenvalue weighted by Gasteiger charge is 2.21. The number of ether oxygens (including phenoxy) is 1. The molecule has 0 radical (unpaired) electrons. The Hall–Kier alpha value is -8.41. The van der Waals surface area contributed by atoms with E-state index in [2.05, 4.69) is 56.7 Å². The number of rotatable bonds is 14. The van der Waals surface area contributed by atoms with E-state index in [1.807, 2.05) is 67.3 Å². The van der Waals surface area contributed by atoms with Gasteiger partial charge in [0.15, 0.2) is 32.0 Å². The van der Waals surface area contributed by atoms with Gasteiger partial charge in [-0.3, -0.25) is 23.5 Å². The predicted octanol–water partition coefficient (Wildman–Crippen LogP) is 4.83. The summed E-state index contributed by atoms with van der Waals surface area (Å²) in [5.74, 6) is 1.24. The SMILES string of the molecule is Cc1cc(NC(=O)NCCc2cn3c(-c4cnn(C)c4)cnc3c(Nc3cc(C)no3)n2)on1.Cn1cc(-c2cnc3c(S(C)(=O)=O)nc(CCNC(=O)OCc4ccccc4)cn23)cn1. The third kappa shape index (κ3) is 10.7. The maximum absolute atomic E-state index is 12.3. The monoisotopic (exact) mass is 916 g/mol. The molecule has 8 aromatic heterocycles. The van der Waals surface area contributed by atoms with Crippen molar-refractivity contribution in [2.24, 2.45) is 14.1 Å². The molecule has 4 N–H and O–H groups in total. The van der Waals surface area contributed by atoms with E-state index in [9.17, 15) is 18.0 Å². The lowest BCUT2D eigenvalue weighted by Crippen LogP contribution is -2.30. The van der Waals surface area contributed by atoms with Crippen molar-refractivity contribution in [1.29, 1.82) is 0 Å². The molecule has 24 heteroatoms. The van der Waals surface area contributed by atoms with Gasteiger partial charge in [0, 0.05) is 94.3 Å². The van der Waals surface area contributed by atoms with E-state index in [0.29, 0.717) is 53.8 Å². The summed E-state index contributed by atoms with van der Waals surface area (Å²) in [6.07, 6.45) is 15.4. The molecule has 23 nitrogen and oxygen atoms in total. The van der Waals surface area contributed by atoms with Gasteiger partial charge in [-0.05, 0) is 19.4 Å². The van der Waals surface area contributed by atoms with Gasteiger partial charge in [0.25, 0.3) is 0 Å². The van der Waals surface area contributed by atoms with E-state index in [4.69, 9.17) is 18.8 Å². The summed E-state index contributed by atoms with van der Waals surface area (Å²) in [5.41, 5.74) is 7.63.